The molecule has 9 heteroatoms. The van der Waals surface area contributed by atoms with Crippen LogP contribution in [-0.4, -0.2) is 45.4 Å². The van der Waals surface area contributed by atoms with Crippen LogP contribution < -0.4 is 10.2 Å². The van der Waals surface area contributed by atoms with Gasteiger partial charge in [0.15, 0.2) is 5.11 Å². The van der Waals surface area contributed by atoms with Gasteiger partial charge < -0.3 is 15.0 Å². The normalized spacial score (nSPS) is 15.2. The molecule has 3 aromatic rings. The number of ether oxygens (including phenoxy) is 1. The molecule has 1 saturated heterocycles. The summed E-state index contributed by atoms with van der Waals surface area (Å²) in [6.07, 6.45) is 1.57. The van der Waals surface area contributed by atoms with Crippen LogP contribution in [0.1, 0.15) is 35.0 Å². The number of hydrogen-bond acceptors (Lipinski definition) is 6. The molecule has 0 bridgehead atoms. The lowest BCUT2D eigenvalue weighted by Gasteiger charge is -2.23. The van der Waals surface area contributed by atoms with Crippen LogP contribution in [0.2, 0.25) is 0 Å². The number of nitrogens with one attached hydrogen (secondary N) is 1. The molecule has 0 radical (unpaired) electrons. The van der Waals surface area contributed by atoms with E-state index in [4.69, 9.17) is 17.0 Å². The van der Waals surface area contributed by atoms with Crippen LogP contribution >= 0.6 is 12.2 Å². The topological polar surface area (TPSA) is 91.8 Å². The third kappa shape index (κ3) is 5.58. The summed E-state index contributed by atoms with van der Waals surface area (Å²) < 4.78 is 4.98. The number of carbonyl (C=O) groups excluding carboxylic acids is 3. The van der Waals surface area contributed by atoms with Crippen molar-refractivity contribution in [1.82, 2.24) is 9.88 Å². The monoisotopic (exact) mass is 502 g/mol. The lowest BCUT2D eigenvalue weighted by Crippen LogP contribution is -2.37. The minimum atomic E-state index is -0.792. The first kappa shape index (κ1) is 25.0. The number of nitrogens with zero attached hydrogens (tertiary/aromatic N) is 3. The quantitative estimate of drug-likeness (QED) is 0.366. The molecular formula is C27H26N4O4S. The molecular weight excluding hydrogens is 476 g/mol. The highest BCUT2D eigenvalue weighted by molar-refractivity contribution is 7.80. The molecule has 0 aliphatic carbocycles. The van der Waals surface area contributed by atoms with Crippen molar-refractivity contribution in [2.45, 2.75) is 32.9 Å². The Morgan fingerprint density at radius 2 is 1.78 bits per heavy atom. The molecule has 0 spiro atoms. The fourth-order valence-corrected chi connectivity index (χ4v) is 4.29. The van der Waals surface area contributed by atoms with Crippen molar-refractivity contribution in [3.8, 4) is 0 Å². The zero-order valence-electron chi connectivity index (χ0n) is 20.0. The maximum atomic E-state index is 13.5. The molecule has 1 aromatic heterocycles. The van der Waals surface area contributed by atoms with Gasteiger partial charge in [-0.15, -0.1) is 0 Å². The number of thiocarbonyl (C=S) groups is 1. The van der Waals surface area contributed by atoms with Crippen molar-refractivity contribution >= 4 is 46.5 Å². The van der Waals surface area contributed by atoms with Gasteiger partial charge in [0.25, 0.3) is 5.91 Å². The number of benzene rings is 2. The van der Waals surface area contributed by atoms with Crippen LogP contribution in [0.4, 0.5) is 11.4 Å². The van der Waals surface area contributed by atoms with Crippen LogP contribution in [0.15, 0.2) is 72.9 Å². The summed E-state index contributed by atoms with van der Waals surface area (Å²) in [5, 5.41) is 3.13. The van der Waals surface area contributed by atoms with Gasteiger partial charge in [-0.2, -0.15) is 0 Å². The van der Waals surface area contributed by atoms with E-state index in [-0.39, 0.29) is 24.8 Å². The van der Waals surface area contributed by atoms with E-state index < -0.39 is 12.0 Å². The summed E-state index contributed by atoms with van der Waals surface area (Å²) >= 11 is 5.70. The number of aryl methyl sites for hydroxylation is 1. The van der Waals surface area contributed by atoms with Crippen molar-refractivity contribution in [2.24, 2.45) is 0 Å². The highest BCUT2D eigenvalue weighted by Crippen LogP contribution is 2.29. The number of carbonyl (C=O) groups is 3. The molecule has 2 heterocycles. The number of esters is 1. The van der Waals surface area contributed by atoms with Crippen molar-refractivity contribution in [3.05, 3.63) is 89.7 Å². The molecule has 1 aliphatic heterocycles. The SMILES string of the molecule is CCOC(=O)c1ccc(NC(=O)C[C@@H]2C(=O)N(c3ccc(C)cc3)C(=S)N2Cc2ccccn2)cc1. The number of rotatable bonds is 8. The van der Waals surface area contributed by atoms with Gasteiger partial charge in [-0.3, -0.25) is 19.5 Å². The zero-order chi connectivity index (χ0) is 25.7. The predicted octanol–water partition coefficient (Wildman–Crippen LogP) is 4.10. The Balaban J connectivity index is 1.53. The molecule has 4 rings (SSSR count). The molecule has 2 aromatic carbocycles. The first-order valence-electron chi connectivity index (χ1n) is 11.6. The number of anilines is 2. The Hall–Kier alpha value is -4.11. The lowest BCUT2D eigenvalue weighted by atomic mass is 10.1. The second-order valence-corrected chi connectivity index (χ2v) is 8.67. The largest absolute Gasteiger partial charge is 0.462 e. The molecule has 1 N–H and O–H groups in total. The summed E-state index contributed by atoms with van der Waals surface area (Å²) in [5.41, 5.74) is 3.35. The van der Waals surface area contributed by atoms with E-state index in [1.54, 1.807) is 42.3 Å². The molecule has 1 atom stereocenters. The molecule has 0 unspecified atom stereocenters. The Labute approximate surface area is 214 Å². The minimum absolute atomic E-state index is 0.103. The number of pyridine rings is 1. The summed E-state index contributed by atoms with van der Waals surface area (Å²) in [5.74, 6) is -1.05. The van der Waals surface area contributed by atoms with Gasteiger partial charge in [-0.05, 0) is 74.6 Å². The van der Waals surface area contributed by atoms with Crippen molar-refractivity contribution in [1.29, 1.82) is 0 Å². The second-order valence-electron chi connectivity index (χ2n) is 8.31. The average Bonchev–Trinajstić information content (AvgIpc) is 3.09. The average molecular weight is 503 g/mol. The first-order valence-corrected chi connectivity index (χ1v) is 12.0. The third-order valence-corrected chi connectivity index (χ3v) is 6.14. The molecule has 184 valence electrons. The second kappa shape index (κ2) is 11.1. The van der Waals surface area contributed by atoms with Crippen LogP contribution in [0.3, 0.4) is 0 Å². The van der Waals surface area contributed by atoms with Gasteiger partial charge in [0.05, 0.1) is 36.5 Å². The van der Waals surface area contributed by atoms with Crippen molar-refractivity contribution in [3.63, 3.8) is 0 Å². The molecule has 0 saturated carbocycles. The van der Waals surface area contributed by atoms with Gasteiger partial charge in [0.2, 0.25) is 5.91 Å². The first-order chi connectivity index (χ1) is 17.4. The summed E-state index contributed by atoms with van der Waals surface area (Å²) in [6, 6.07) is 18.6. The smallest absolute Gasteiger partial charge is 0.338 e. The zero-order valence-corrected chi connectivity index (χ0v) is 20.8. The minimum Gasteiger partial charge on any atom is -0.462 e. The van der Waals surface area contributed by atoms with Crippen LogP contribution in [0.25, 0.3) is 0 Å². The number of aromatic nitrogens is 1. The molecule has 36 heavy (non-hydrogen) atoms. The Kier molecular flexibility index (Phi) is 7.70. The summed E-state index contributed by atoms with van der Waals surface area (Å²) in [6.45, 7) is 4.27. The van der Waals surface area contributed by atoms with Gasteiger partial charge in [-0.1, -0.05) is 23.8 Å². The van der Waals surface area contributed by atoms with E-state index in [9.17, 15) is 14.4 Å². The van der Waals surface area contributed by atoms with E-state index in [0.29, 0.717) is 28.6 Å². The third-order valence-electron chi connectivity index (χ3n) is 5.73. The maximum Gasteiger partial charge on any atom is 0.338 e. The molecule has 1 fully saturated rings. The summed E-state index contributed by atoms with van der Waals surface area (Å²) in [7, 11) is 0. The molecule has 2 amide bonds. The van der Waals surface area contributed by atoms with Crippen molar-refractivity contribution < 1.29 is 19.1 Å². The lowest BCUT2D eigenvalue weighted by molar-refractivity contribution is -0.124. The van der Waals surface area contributed by atoms with Crippen LogP contribution in [0, 0.1) is 6.92 Å². The van der Waals surface area contributed by atoms with Gasteiger partial charge in [0, 0.05) is 11.9 Å². The van der Waals surface area contributed by atoms with E-state index in [0.717, 1.165) is 11.3 Å². The van der Waals surface area contributed by atoms with Gasteiger partial charge >= 0.3 is 5.97 Å². The Bertz CT molecular complexity index is 1260. The maximum absolute atomic E-state index is 13.5. The van der Waals surface area contributed by atoms with E-state index in [2.05, 4.69) is 10.3 Å². The van der Waals surface area contributed by atoms with Gasteiger partial charge in [0.1, 0.15) is 6.04 Å². The van der Waals surface area contributed by atoms with Crippen molar-refractivity contribution in [2.75, 3.05) is 16.8 Å². The van der Waals surface area contributed by atoms with Crippen LogP contribution in [-0.2, 0) is 20.9 Å². The predicted molar refractivity (Wildman–Crippen MR) is 140 cm³/mol. The highest BCUT2D eigenvalue weighted by atomic mass is 32.1. The highest BCUT2D eigenvalue weighted by Gasteiger charge is 2.44. The Morgan fingerprint density at radius 3 is 2.42 bits per heavy atom. The molecule has 1 aliphatic rings. The van der Waals surface area contributed by atoms with Gasteiger partial charge in [-0.25, -0.2) is 4.79 Å². The van der Waals surface area contributed by atoms with E-state index >= 15 is 0 Å². The number of amides is 2. The Morgan fingerprint density at radius 1 is 1.06 bits per heavy atom. The van der Waals surface area contributed by atoms with E-state index in [1.807, 2.05) is 49.4 Å². The van der Waals surface area contributed by atoms with Crippen LogP contribution in [0.5, 0.6) is 0 Å². The molecule has 8 nitrogen and oxygen atoms in total. The summed E-state index contributed by atoms with van der Waals surface area (Å²) in [4.78, 5) is 45.9. The standard InChI is InChI=1S/C27H26N4O4S/c1-3-35-26(34)19-9-11-20(12-10-19)29-24(32)16-23-25(33)31(22-13-7-18(2)8-14-22)27(36)30(23)17-21-6-4-5-15-28-21/h4-15,23H,3,16-17H2,1-2H3,(H,29,32)/t23-/m1/s1. The fourth-order valence-electron chi connectivity index (χ4n) is 3.90. The van der Waals surface area contributed by atoms with E-state index in [1.165, 1.54) is 4.90 Å². The number of hydrogen-bond donors (Lipinski definition) is 1. The fraction of sp³-hybridized carbons (Fsp3) is 0.222.